The molecular weight excluding hydrogens is 428 g/mol. The van der Waals surface area contributed by atoms with Crippen LogP contribution in [0, 0.1) is 0 Å². The van der Waals surface area contributed by atoms with Crippen LogP contribution in [0.2, 0.25) is 0 Å². The van der Waals surface area contributed by atoms with Gasteiger partial charge >= 0.3 is 0 Å². The first-order valence-corrected chi connectivity index (χ1v) is 12.5. The summed E-state index contributed by atoms with van der Waals surface area (Å²) in [5.74, 6) is 4.19. The molecule has 1 aliphatic heterocycles. The zero-order chi connectivity index (χ0) is 20.7. The van der Waals surface area contributed by atoms with Gasteiger partial charge in [-0.25, -0.2) is 9.36 Å². The van der Waals surface area contributed by atoms with E-state index < -0.39 is 0 Å². The minimum Gasteiger partial charge on any atom is -0.377 e. The number of hydrogen-bond donors (Lipinski definition) is 0. The zero-order valence-corrected chi connectivity index (χ0v) is 18.8. The number of ether oxygens (including phenoxy) is 4. The lowest BCUT2D eigenvalue weighted by molar-refractivity contribution is 0.0402. The first-order chi connectivity index (χ1) is 14.9. The second kappa shape index (κ2) is 14.8. The molecule has 0 amide bonds. The summed E-state index contributed by atoms with van der Waals surface area (Å²) in [6.07, 6.45) is 3.81. The first-order valence-electron chi connectivity index (χ1n) is 10.1. The molecule has 0 spiro atoms. The third-order valence-electron chi connectivity index (χ3n) is 4.09. The summed E-state index contributed by atoms with van der Waals surface area (Å²) >= 11 is 3.81. The van der Waals surface area contributed by atoms with Crippen molar-refractivity contribution in [2.75, 3.05) is 62.7 Å². The lowest BCUT2D eigenvalue weighted by Gasteiger charge is -2.06. The normalized spacial score (nSPS) is 20.0. The molecule has 0 aliphatic carbocycles. The van der Waals surface area contributed by atoms with E-state index in [-0.39, 0.29) is 0 Å². The van der Waals surface area contributed by atoms with Gasteiger partial charge in [-0.1, -0.05) is 10.4 Å². The average Bonchev–Trinajstić information content (AvgIpc) is 3.39. The molecule has 3 heterocycles. The van der Waals surface area contributed by atoms with Crippen molar-refractivity contribution in [3.8, 4) is 0 Å². The van der Waals surface area contributed by atoms with Crippen LogP contribution in [0.3, 0.4) is 0 Å². The van der Waals surface area contributed by atoms with Crippen molar-refractivity contribution >= 4 is 23.5 Å². The number of aromatic nitrogens is 6. The molecule has 4 bridgehead atoms. The summed E-state index contributed by atoms with van der Waals surface area (Å²) in [5, 5.41) is 16.5. The molecule has 10 nitrogen and oxygen atoms in total. The summed E-state index contributed by atoms with van der Waals surface area (Å²) in [6.45, 7) is 5.94. The van der Waals surface area contributed by atoms with E-state index in [1.54, 1.807) is 9.36 Å². The van der Waals surface area contributed by atoms with Crippen molar-refractivity contribution in [1.29, 1.82) is 0 Å². The van der Waals surface area contributed by atoms with Crippen LogP contribution in [-0.2, 0) is 45.3 Å². The van der Waals surface area contributed by atoms with Crippen molar-refractivity contribution < 1.29 is 18.9 Å². The van der Waals surface area contributed by atoms with E-state index in [1.165, 1.54) is 0 Å². The Kier molecular flexibility index (Phi) is 11.6. The average molecular weight is 459 g/mol. The fourth-order valence-electron chi connectivity index (χ4n) is 2.58. The van der Waals surface area contributed by atoms with E-state index in [1.807, 2.05) is 35.9 Å². The lowest BCUT2D eigenvalue weighted by Crippen LogP contribution is -2.13. The van der Waals surface area contributed by atoms with Gasteiger partial charge in [-0.05, 0) is 0 Å². The maximum atomic E-state index is 5.68. The summed E-state index contributed by atoms with van der Waals surface area (Å²) in [7, 11) is 0. The summed E-state index contributed by atoms with van der Waals surface area (Å²) in [5.41, 5.74) is 1.69. The largest absolute Gasteiger partial charge is 0.377 e. The van der Waals surface area contributed by atoms with Gasteiger partial charge in [0.05, 0.1) is 78.3 Å². The second-order valence-corrected chi connectivity index (χ2v) is 8.95. The van der Waals surface area contributed by atoms with Crippen LogP contribution in [0.4, 0.5) is 0 Å². The highest BCUT2D eigenvalue weighted by molar-refractivity contribution is 8.02. The molecule has 30 heavy (non-hydrogen) atoms. The highest BCUT2D eigenvalue weighted by atomic mass is 32.2. The maximum absolute atomic E-state index is 5.68. The molecule has 1 aliphatic rings. The number of nitrogens with zero attached hydrogens (tertiary/aromatic N) is 6. The highest BCUT2D eigenvalue weighted by Gasteiger charge is 2.03. The van der Waals surface area contributed by atoms with E-state index >= 15 is 0 Å². The third-order valence-corrected chi connectivity index (χ3v) is 6.24. The molecule has 0 saturated heterocycles. The maximum Gasteiger partial charge on any atom is 0.108 e. The number of fused-ring (bicyclic) bond motifs is 4. The van der Waals surface area contributed by atoms with Crippen molar-refractivity contribution in [3.63, 3.8) is 0 Å². The Morgan fingerprint density at radius 1 is 0.600 bits per heavy atom. The number of hydrogen-bond acceptors (Lipinski definition) is 10. The lowest BCUT2D eigenvalue weighted by atomic mass is 10.5. The van der Waals surface area contributed by atoms with E-state index in [0.717, 1.165) is 47.6 Å². The third kappa shape index (κ3) is 9.75. The Morgan fingerprint density at radius 2 is 1.10 bits per heavy atom. The molecule has 2 aromatic heterocycles. The standard InChI is InChI=1S/C18H30N6O4S2/c1-3-25-5-6-26-4-2-24-14-18(20-22-24)16-28-8-10-30-12-11-29-9-7-27-15-17-13-23(1)21-19-17/h13-14H,1-12,15-16H2. The van der Waals surface area contributed by atoms with Crippen LogP contribution in [0.5, 0.6) is 0 Å². The zero-order valence-electron chi connectivity index (χ0n) is 17.2. The molecule has 0 saturated carbocycles. The van der Waals surface area contributed by atoms with Gasteiger partial charge in [0.25, 0.3) is 0 Å². The molecule has 0 atom stereocenters. The Hall–Kier alpha value is -1.18. The molecule has 0 radical (unpaired) electrons. The van der Waals surface area contributed by atoms with Crippen LogP contribution in [0.15, 0.2) is 12.4 Å². The molecule has 168 valence electrons. The predicted molar refractivity (Wildman–Crippen MR) is 116 cm³/mol. The van der Waals surface area contributed by atoms with Crippen molar-refractivity contribution in [1.82, 2.24) is 30.0 Å². The van der Waals surface area contributed by atoms with Gasteiger partial charge < -0.3 is 18.9 Å². The molecular formula is C18H30N6O4S2. The topological polar surface area (TPSA) is 98.3 Å². The Balaban J connectivity index is 1.37. The van der Waals surface area contributed by atoms with E-state index in [4.69, 9.17) is 18.9 Å². The summed E-state index contributed by atoms with van der Waals surface area (Å²) in [4.78, 5) is 0. The molecule has 0 unspecified atom stereocenters. The monoisotopic (exact) mass is 458 g/mol. The van der Waals surface area contributed by atoms with Gasteiger partial charge in [0, 0.05) is 23.0 Å². The van der Waals surface area contributed by atoms with Gasteiger partial charge in [0.15, 0.2) is 0 Å². The van der Waals surface area contributed by atoms with E-state index in [0.29, 0.717) is 52.7 Å². The van der Waals surface area contributed by atoms with Crippen molar-refractivity contribution in [2.45, 2.75) is 26.3 Å². The second-order valence-electron chi connectivity index (χ2n) is 6.50. The van der Waals surface area contributed by atoms with Crippen LogP contribution < -0.4 is 0 Å². The Labute approximate surface area is 185 Å². The highest BCUT2D eigenvalue weighted by Crippen LogP contribution is 2.08. The van der Waals surface area contributed by atoms with Crippen LogP contribution in [0.25, 0.3) is 0 Å². The molecule has 0 aromatic carbocycles. The minimum absolute atomic E-state index is 0.493. The van der Waals surface area contributed by atoms with Gasteiger partial charge in [-0.3, -0.25) is 0 Å². The van der Waals surface area contributed by atoms with Gasteiger partial charge in [-0.2, -0.15) is 23.5 Å². The molecule has 0 fully saturated rings. The smallest absolute Gasteiger partial charge is 0.108 e. The summed E-state index contributed by atoms with van der Waals surface area (Å²) in [6, 6.07) is 0. The molecule has 3 rings (SSSR count). The van der Waals surface area contributed by atoms with E-state index in [9.17, 15) is 0 Å². The van der Waals surface area contributed by atoms with Crippen molar-refractivity contribution in [3.05, 3.63) is 23.8 Å². The molecule has 2 aromatic rings. The molecule has 0 N–H and O–H groups in total. The van der Waals surface area contributed by atoms with Crippen LogP contribution in [-0.4, -0.2) is 92.6 Å². The number of rotatable bonds is 0. The molecule has 12 heteroatoms. The SMILES string of the molecule is c1c2nnn1CCOCCOCCn1cc(nn1)COCCSCCSCCOC2. The Bertz CT molecular complexity index is 644. The van der Waals surface area contributed by atoms with Gasteiger partial charge in [0.2, 0.25) is 0 Å². The Morgan fingerprint density at radius 3 is 1.60 bits per heavy atom. The quantitative estimate of drug-likeness (QED) is 0.571. The summed E-state index contributed by atoms with van der Waals surface area (Å²) < 4.78 is 26.1. The van der Waals surface area contributed by atoms with Crippen molar-refractivity contribution in [2.24, 2.45) is 0 Å². The fourth-order valence-corrected chi connectivity index (χ4v) is 4.40. The van der Waals surface area contributed by atoms with E-state index in [2.05, 4.69) is 20.6 Å². The fraction of sp³-hybridized carbons (Fsp3) is 0.778. The van der Waals surface area contributed by atoms with Crippen LogP contribution >= 0.6 is 23.5 Å². The first kappa shape index (κ1) is 23.5. The van der Waals surface area contributed by atoms with Gasteiger partial charge in [0.1, 0.15) is 11.4 Å². The minimum atomic E-state index is 0.493. The van der Waals surface area contributed by atoms with Crippen LogP contribution in [0.1, 0.15) is 11.4 Å². The number of thioether (sulfide) groups is 2. The predicted octanol–water partition coefficient (Wildman–Crippen LogP) is 1.12. The van der Waals surface area contributed by atoms with Gasteiger partial charge in [-0.15, -0.1) is 10.2 Å².